The summed E-state index contributed by atoms with van der Waals surface area (Å²) in [6.45, 7) is 4.80. The number of aliphatic hydroxyl groups is 3. The third-order valence-corrected chi connectivity index (χ3v) is 10.2. The van der Waals surface area contributed by atoms with Crippen molar-refractivity contribution in [2.45, 2.75) is 90.3 Å². The van der Waals surface area contributed by atoms with Crippen LogP contribution in [0.15, 0.2) is 0 Å². The fraction of sp³-hybridized carbons (Fsp3) is 0.958. The van der Waals surface area contributed by atoms with E-state index >= 15 is 0 Å². The predicted molar refractivity (Wildman–Crippen MR) is 110 cm³/mol. The minimum Gasteiger partial charge on any atom is -0.481 e. The van der Waals surface area contributed by atoms with Crippen LogP contribution in [0.2, 0.25) is 0 Å². The molecule has 4 N–H and O–H groups in total. The molecule has 0 aromatic heterocycles. The molecule has 0 aromatic carbocycles. The lowest BCUT2D eigenvalue weighted by molar-refractivity contribution is -0.193. The van der Waals surface area contributed by atoms with Crippen LogP contribution in [0.5, 0.6) is 0 Å². The summed E-state index contributed by atoms with van der Waals surface area (Å²) in [5, 5.41) is 41.1. The Kier molecular flexibility index (Phi) is 5.80. The first-order valence-electron chi connectivity index (χ1n) is 11.9. The van der Waals surface area contributed by atoms with E-state index in [-0.39, 0.29) is 47.9 Å². The molecule has 5 heteroatoms. The number of hydrogen-bond acceptors (Lipinski definition) is 4. The standard InChI is InChI=1S/C24H40O5/c1-14(3-6-21(28)29)17-4-5-18-22-19(8-9-23(17,18)2)24(13-25)10-7-16(26)11-15(24)12-20(22)27/h14-20,22,25-27H,3-13H2,1-2H3,(H,28,29)/t14-,15+,16-,17-,18+,19+,20-,22+,23-,24-/m1/s1. The van der Waals surface area contributed by atoms with E-state index in [4.69, 9.17) is 5.11 Å². The fourth-order valence-electron chi connectivity index (χ4n) is 8.84. The first-order valence-corrected chi connectivity index (χ1v) is 11.9. The van der Waals surface area contributed by atoms with E-state index in [1.54, 1.807) is 0 Å². The molecule has 166 valence electrons. The third kappa shape index (κ3) is 3.36. The van der Waals surface area contributed by atoms with E-state index in [9.17, 15) is 20.1 Å². The Morgan fingerprint density at radius 3 is 2.52 bits per heavy atom. The molecule has 0 amide bonds. The molecule has 10 atom stereocenters. The van der Waals surface area contributed by atoms with Crippen molar-refractivity contribution in [1.29, 1.82) is 0 Å². The smallest absolute Gasteiger partial charge is 0.303 e. The van der Waals surface area contributed by atoms with E-state index in [0.717, 1.165) is 51.4 Å². The maximum absolute atomic E-state index is 11.3. The van der Waals surface area contributed by atoms with E-state index in [2.05, 4.69) is 13.8 Å². The van der Waals surface area contributed by atoms with E-state index < -0.39 is 5.97 Å². The topological polar surface area (TPSA) is 98.0 Å². The molecule has 5 nitrogen and oxygen atoms in total. The van der Waals surface area contributed by atoms with Crippen LogP contribution in [0.4, 0.5) is 0 Å². The normalized spacial score (nSPS) is 50.3. The Morgan fingerprint density at radius 1 is 1.07 bits per heavy atom. The number of rotatable bonds is 5. The van der Waals surface area contributed by atoms with Crippen LogP contribution < -0.4 is 0 Å². The molecule has 4 rings (SSSR count). The van der Waals surface area contributed by atoms with Gasteiger partial charge in [-0.3, -0.25) is 4.79 Å². The number of carboxylic acids is 1. The van der Waals surface area contributed by atoms with Crippen molar-refractivity contribution in [3.8, 4) is 0 Å². The summed E-state index contributed by atoms with van der Waals surface area (Å²) in [6, 6.07) is 0. The summed E-state index contributed by atoms with van der Waals surface area (Å²) in [6.07, 6.45) is 7.84. The van der Waals surface area contributed by atoms with Gasteiger partial charge in [-0.25, -0.2) is 0 Å². The molecule has 0 aliphatic heterocycles. The van der Waals surface area contributed by atoms with Gasteiger partial charge in [0.25, 0.3) is 0 Å². The molecule has 4 saturated carbocycles. The Morgan fingerprint density at radius 2 is 1.83 bits per heavy atom. The molecular weight excluding hydrogens is 368 g/mol. The maximum Gasteiger partial charge on any atom is 0.303 e. The zero-order valence-electron chi connectivity index (χ0n) is 18.1. The Hall–Kier alpha value is -0.650. The highest BCUT2D eigenvalue weighted by Gasteiger charge is 2.63. The number of fused-ring (bicyclic) bond motifs is 5. The monoisotopic (exact) mass is 408 g/mol. The summed E-state index contributed by atoms with van der Waals surface area (Å²) in [4.78, 5) is 11.1. The highest BCUT2D eigenvalue weighted by atomic mass is 16.4. The Bertz CT molecular complexity index is 622. The summed E-state index contributed by atoms with van der Waals surface area (Å²) < 4.78 is 0. The molecule has 0 heterocycles. The number of carboxylic acid groups (broad SMARTS) is 1. The number of aliphatic carboxylic acids is 1. The van der Waals surface area contributed by atoms with Gasteiger partial charge in [-0.2, -0.15) is 0 Å². The van der Waals surface area contributed by atoms with E-state index in [1.807, 2.05) is 0 Å². The SMILES string of the molecule is C[C@H](CCC(=O)O)[C@H]1CC[C@H]2[C@@H]3[C@H](O)C[C@@H]4C[C@H](O)CC[C@]4(CO)[C@H]3CC[C@]12C. The van der Waals surface area contributed by atoms with Crippen molar-refractivity contribution in [2.75, 3.05) is 6.61 Å². The van der Waals surface area contributed by atoms with Gasteiger partial charge in [-0.05, 0) is 104 Å². The van der Waals surface area contributed by atoms with Gasteiger partial charge in [-0.15, -0.1) is 0 Å². The van der Waals surface area contributed by atoms with Crippen LogP contribution in [-0.2, 0) is 4.79 Å². The first kappa shape index (κ1) is 21.6. The average Bonchev–Trinajstić information content (AvgIpc) is 3.03. The van der Waals surface area contributed by atoms with Gasteiger partial charge in [0.2, 0.25) is 0 Å². The number of hydrogen-bond donors (Lipinski definition) is 4. The molecule has 0 aromatic rings. The zero-order valence-corrected chi connectivity index (χ0v) is 18.1. The second-order valence-electron chi connectivity index (χ2n) is 11.2. The van der Waals surface area contributed by atoms with Gasteiger partial charge in [0.15, 0.2) is 0 Å². The van der Waals surface area contributed by atoms with Crippen LogP contribution in [0.25, 0.3) is 0 Å². The van der Waals surface area contributed by atoms with Crippen molar-refractivity contribution in [3.05, 3.63) is 0 Å². The molecule has 0 saturated heterocycles. The molecule has 4 fully saturated rings. The Labute approximate surface area is 174 Å². The van der Waals surface area contributed by atoms with Crippen LogP contribution in [0, 0.1) is 46.3 Å². The summed E-state index contributed by atoms with van der Waals surface area (Å²) in [5.74, 6) is 1.48. The summed E-state index contributed by atoms with van der Waals surface area (Å²) >= 11 is 0. The summed E-state index contributed by atoms with van der Waals surface area (Å²) in [7, 11) is 0. The highest BCUT2D eigenvalue weighted by molar-refractivity contribution is 5.66. The van der Waals surface area contributed by atoms with Crippen molar-refractivity contribution in [2.24, 2.45) is 46.3 Å². The van der Waals surface area contributed by atoms with Gasteiger partial charge in [0.05, 0.1) is 12.2 Å². The van der Waals surface area contributed by atoms with Gasteiger partial charge in [-0.1, -0.05) is 13.8 Å². The van der Waals surface area contributed by atoms with Crippen LogP contribution in [0.3, 0.4) is 0 Å². The number of carbonyl (C=O) groups is 1. The first-order chi connectivity index (χ1) is 13.7. The Balaban J connectivity index is 1.58. The molecule has 4 aliphatic carbocycles. The second kappa shape index (κ2) is 7.80. The van der Waals surface area contributed by atoms with Gasteiger partial charge in [0, 0.05) is 13.0 Å². The second-order valence-corrected chi connectivity index (χ2v) is 11.2. The van der Waals surface area contributed by atoms with Crippen LogP contribution >= 0.6 is 0 Å². The molecule has 29 heavy (non-hydrogen) atoms. The maximum atomic E-state index is 11.3. The third-order valence-electron chi connectivity index (χ3n) is 10.2. The highest BCUT2D eigenvalue weighted by Crippen LogP contribution is 2.68. The quantitative estimate of drug-likeness (QED) is 0.559. The van der Waals surface area contributed by atoms with E-state index in [1.165, 1.54) is 0 Å². The van der Waals surface area contributed by atoms with E-state index in [0.29, 0.717) is 30.1 Å². The lowest BCUT2D eigenvalue weighted by atomic mass is 9.43. The van der Waals surface area contributed by atoms with Crippen LogP contribution in [-0.4, -0.2) is 45.2 Å². The van der Waals surface area contributed by atoms with Gasteiger partial charge in [0.1, 0.15) is 0 Å². The summed E-state index contributed by atoms with van der Waals surface area (Å²) in [5.41, 5.74) is 0.0369. The molecular formula is C24H40O5. The minimum atomic E-state index is -0.710. The average molecular weight is 409 g/mol. The fourth-order valence-corrected chi connectivity index (χ4v) is 8.84. The molecule has 0 unspecified atom stereocenters. The van der Waals surface area contributed by atoms with Crippen molar-refractivity contribution < 1.29 is 25.2 Å². The van der Waals surface area contributed by atoms with Crippen molar-refractivity contribution in [1.82, 2.24) is 0 Å². The lowest BCUT2D eigenvalue weighted by Gasteiger charge is -2.63. The predicted octanol–water partition coefficient (Wildman–Crippen LogP) is 3.45. The van der Waals surface area contributed by atoms with Crippen LogP contribution in [0.1, 0.15) is 78.1 Å². The molecule has 4 aliphatic rings. The molecule has 0 spiro atoms. The lowest BCUT2D eigenvalue weighted by Crippen LogP contribution is -2.60. The zero-order chi connectivity index (χ0) is 21.0. The van der Waals surface area contributed by atoms with Gasteiger partial charge >= 0.3 is 5.97 Å². The largest absolute Gasteiger partial charge is 0.481 e. The number of aliphatic hydroxyl groups excluding tert-OH is 3. The van der Waals surface area contributed by atoms with Crippen molar-refractivity contribution >= 4 is 5.97 Å². The molecule has 0 bridgehead atoms. The van der Waals surface area contributed by atoms with Crippen molar-refractivity contribution in [3.63, 3.8) is 0 Å². The molecule has 0 radical (unpaired) electrons. The minimum absolute atomic E-state index is 0.128. The van der Waals surface area contributed by atoms with Gasteiger partial charge < -0.3 is 20.4 Å².